The first kappa shape index (κ1) is 12.7. The van der Waals surface area contributed by atoms with Crippen molar-refractivity contribution in [2.24, 2.45) is 0 Å². The Balaban J connectivity index is 1.98. The van der Waals surface area contributed by atoms with E-state index < -0.39 is 17.2 Å². The number of aromatic hydroxyl groups is 1. The van der Waals surface area contributed by atoms with Gasteiger partial charge in [-0.05, 0) is 42.2 Å². The fourth-order valence-corrected chi connectivity index (χ4v) is 2.46. The van der Waals surface area contributed by atoms with Crippen molar-refractivity contribution in [3.8, 4) is 16.9 Å². The number of carboxylic acid groups (broad SMARTS) is 1. The van der Waals surface area contributed by atoms with Crippen LogP contribution in [0.5, 0.6) is 5.75 Å². The van der Waals surface area contributed by atoms with Crippen molar-refractivity contribution in [2.45, 2.75) is 18.3 Å². The fraction of sp³-hybridized carbons (Fsp3) is 0.188. The molecular formula is C16H13FO3. The number of hydrogen-bond donors (Lipinski definition) is 2. The average molecular weight is 272 g/mol. The quantitative estimate of drug-likeness (QED) is 0.901. The number of rotatable bonds is 3. The molecule has 1 fully saturated rings. The van der Waals surface area contributed by atoms with Crippen molar-refractivity contribution in [3.63, 3.8) is 0 Å². The lowest BCUT2D eigenvalue weighted by atomic mass is 9.93. The molecule has 2 aromatic carbocycles. The van der Waals surface area contributed by atoms with Gasteiger partial charge in [-0.15, -0.1) is 0 Å². The summed E-state index contributed by atoms with van der Waals surface area (Å²) >= 11 is 0. The van der Waals surface area contributed by atoms with E-state index in [0.29, 0.717) is 24.0 Å². The molecule has 4 heteroatoms. The molecule has 0 radical (unpaired) electrons. The SMILES string of the molecule is O=C(O)C1(c2ccc(-c3cc(F)ccc3O)cc2)CC1. The third kappa shape index (κ3) is 1.93. The maximum atomic E-state index is 13.2. The molecule has 3 rings (SSSR count). The van der Waals surface area contributed by atoms with Gasteiger partial charge in [-0.1, -0.05) is 24.3 Å². The summed E-state index contributed by atoms with van der Waals surface area (Å²) in [4.78, 5) is 11.2. The van der Waals surface area contributed by atoms with Crippen LogP contribution in [0.25, 0.3) is 11.1 Å². The van der Waals surface area contributed by atoms with E-state index in [0.717, 1.165) is 5.56 Å². The number of hydrogen-bond acceptors (Lipinski definition) is 2. The predicted molar refractivity (Wildman–Crippen MR) is 72.0 cm³/mol. The lowest BCUT2D eigenvalue weighted by molar-refractivity contribution is -0.140. The van der Waals surface area contributed by atoms with Gasteiger partial charge >= 0.3 is 5.97 Å². The Kier molecular flexibility index (Phi) is 2.74. The van der Waals surface area contributed by atoms with Crippen LogP contribution in [-0.2, 0) is 10.2 Å². The van der Waals surface area contributed by atoms with E-state index in [1.165, 1.54) is 18.2 Å². The number of phenols is 1. The number of benzene rings is 2. The van der Waals surface area contributed by atoms with E-state index in [2.05, 4.69) is 0 Å². The van der Waals surface area contributed by atoms with Gasteiger partial charge in [-0.2, -0.15) is 0 Å². The van der Waals surface area contributed by atoms with Crippen LogP contribution in [0.3, 0.4) is 0 Å². The molecule has 1 aliphatic carbocycles. The third-order valence-electron chi connectivity index (χ3n) is 3.87. The molecule has 2 N–H and O–H groups in total. The number of aliphatic carboxylic acids is 1. The monoisotopic (exact) mass is 272 g/mol. The molecule has 20 heavy (non-hydrogen) atoms. The summed E-state index contributed by atoms with van der Waals surface area (Å²) in [5, 5.41) is 19.0. The first-order valence-electron chi connectivity index (χ1n) is 6.36. The highest BCUT2D eigenvalue weighted by atomic mass is 19.1. The Morgan fingerprint density at radius 2 is 1.75 bits per heavy atom. The van der Waals surface area contributed by atoms with Gasteiger partial charge in [0.15, 0.2) is 0 Å². The zero-order valence-electron chi connectivity index (χ0n) is 10.6. The van der Waals surface area contributed by atoms with Gasteiger partial charge in [-0.25, -0.2) is 4.39 Å². The molecule has 1 aliphatic rings. The van der Waals surface area contributed by atoms with E-state index >= 15 is 0 Å². The first-order valence-corrected chi connectivity index (χ1v) is 6.36. The van der Waals surface area contributed by atoms with Crippen molar-refractivity contribution in [3.05, 3.63) is 53.8 Å². The average Bonchev–Trinajstić information content (AvgIpc) is 3.23. The van der Waals surface area contributed by atoms with Crippen molar-refractivity contribution in [1.29, 1.82) is 0 Å². The van der Waals surface area contributed by atoms with Crippen molar-refractivity contribution < 1.29 is 19.4 Å². The van der Waals surface area contributed by atoms with Crippen LogP contribution in [0.2, 0.25) is 0 Å². The van der Waals surface area contributed by atoms with Gasteiger partial charge < -0.3 is 10.2 Å². The maximum Gasteiger partial charge on any atom is 0.314 e. The highest BCUT2D eigenvalue weighted by molar-refractivity contribution is 5.85. The molecule has 1 saturated carbocycles. The number of halogens is 1. The molecule has 0 spiro atoms. The predicted octanol–water partition coefficient (Wildman–Crippen LogP) is 3.31. The molecular weight excluding hydrogens is 259 g/mol. The van der Waals surface area contributed by atoms with E-state index in [1.54, 1.807) is 24.3 Å². The van der Waals surface area contributed by atoms with Crippen LogP contribution >= 0.6 is 0 Å². The minimum atomic E-state index is -0.807. The second-order valence-corrected chi connectivity index (χ2v) is 5.13. The third-order valence-corrected chi connectivity index (χ3v) is 3.87. The van der Waals surface area contributed by atoms with Crippen LogP contribution in [0, 0.1) is 5.82 Å². The molecule has 0 unspecified atom stereocenters. The molecule has 0 aromatic heterocycles. The minimum Gasteiger partial charge on any atom is -0.507 e. The standard InChI is InChI=1S/C16H13FO3/c17-12-5-6-14(18)13(9-12)10-1-3-11(4-2-10)16(7-8-16)15(19)20/h1-6,9,18H,7-8H2,(H,19,20). The van der Waals surface area contributed by atoms with Gasteiger partial charge in [0, 0.05) is 5.56 Å². The Bertz CT molecular complexity index is 673. The highest BCUT2D eigenvalue weighted by Crippen LogP contribution is 2.48. The van der Waals surface area contributed by atoms with Crippen LogP contribution in [0.15, 0.2) is 42.5 Å². The molecule has 0 aliphatic heterocycles. The second kappa shape index (κ2) is 4.34. The Labute approximate surface area is 115 Å². The van der Waals surface area contributed by atoms with Crippen LogP contribution in [0.1, 0.15) is 18.4 Å². The topological polar surface area (TPSA) is 57.5 Å². The van der Waals surface area contributed by atoms with Gasteiger partial charge in [0.25, 0.3) is 0 Å². The van der Waals surface area contributed by atoms with Crippen molar-refractivity contribution >= 4 is 5.97 Å². The minimum absolute atomic E-state index is 0.00137. The van der Waals surface area contributed by atoms with Crippen molar-refractivity contribution in [1.82, 2.24) is 0 Å². The summed E-state index contributed by atoms with van der Waals surface area (Å²) in [6.07, 6.45) is 1.29. The van der Waals surface area contributed by atoms with Gasteiger partial charge in [0.05, 0.1) is 5.41 Å². The molecule has 0 amide bonds. The highest BCUT2D eigenvalue weighted by Gasteiger charge is 2.51. The summed E-state index contributed by atoms with van der Waals surface area (Å²) in [6, 6.07) is 10.7. The number of carboxylic acids is 1. The lowest BCUT2D eigenvalue weighted by Gasteiger charge is -2.11. The summed E-state index contributed by atoms with van der Waals surface area (Å²) in [5.74, 6) is -1.23. The molecule has 0 atom stereocenters. The van der Waals surface area contributed by atoms with Gasteiger partial charge in [0.2, 0.25) is 0 Å². The Morgan fingerprint density at radius 3 is 2.30 bits per heavy atom. The summed E-state index contributed by atoms with van der Waals surface area (Å²) in [5.41, 5.74) is 1.07. The summed E-state index contributed by atoms with van der Waals surface area (Å²) < 4.78 is 13.2. The second-order valence-electron chi connectivity index (χ2n) is 5.13. The Morgan fingerprint density at radius 1 is 1.10 bits per heavy atom. The first-order chi connectivity index (χ1) is 9.53. The zero-order valence-corrected chi connectivity index (χ0v) is 10.6. The van der Waals surface area contributed by atoms with Gasteiger partial charge in [-0.3, -0.25) is 4.79 Å². The number of phenolic OH excluding ortho intramolecular Hbond substituents is 1. The van der Waals surface area contributed by atoms with Crippen LogP contribution < -0.4 is 0 Å². The lowest BCUT2D eigenvalue weighted by Crippen LogP contribution is -2.19. The smallest absolute Gasteiger partial charge is 0.314 e. The zero-order chi connectivity index (χ0) is 14.3. The summed E-state index contributed by atoms with van der Waals surface area (Å²) in [6.45, 7) is 0. The van der Waals surface area contributed by atoms with E-state index in [1.807, 2.05) is 0 Å². The van der Waals surface area contributed by atoms with E-state index in [4.69, 9.17) is 0 Å². The van der Waals surface area contributed by atoms with Crippen LogP contribution in [0.4, 0.5) is 4.39 Å². The van der Waals surface area contributed by atoms with Gasteiger partial charge in [0.1, 0.15) is 11.6 Å². The van der Waals surface area contributed by atoms with Crippen LogP contribution in [-0.4, -0.2) is 16.2 Å². The van der Waals surface area contributed by atoms with E-state index in [9.17, 15) is 19.4 Å². The fourth-order valence-electron chi connectivity index (χ4n) is 2.46. The normalized spacial score (nSPS) is 15.8. The summed E-state index contributed by atoms with van der Waals surface area (Å²) in [7, 11) is 0. The molecule has 102 valence electrons. The largest absolute Gasteiger partial charge is 0.507 e. The molecule has 2 aromatic rings. The molecule has 3 nitrogen and oxygen atoms in total. The molecule has 0 saturated heterocycles. The number of carbonyl (C=O) groups is 1. The van der Waals surface area contributed by atoms with Crippen molar-refractivity contribution in [2.75, 3.05) is 0 Å². The van der Waals surface area contributed by atoms with E-state index in [-0.39, 0.29) is 5.75 Å². The molecule has 0 heterocycles. The Hall–Kier alpha value is -2.36. The molecule has 0 bridgehead atoms. The maximum absolute atomic E-state index is 13.2.